The van der Waals surface area contributed by atoms with Crippen LogP contribution in [0.4, 0.5) is 13.2 Å². The number of aromatic nitrogens is 1. The maximum Gasteiger partial charge on any atom is 0.417 e. The normalized spacial score (nSPS) is 13.2. The Morgan fingerprint density at radius 3 is 2.55 bits per heavy atom. The number of nitrogens with one attached hydrogen (secondary N) is 1. The Balaban J connectivity index is 2.47. The van der Waals surface area contributed by atoms with Crippen molar-refractivity contribution in [2.24, 2.45) is 5.92 Å². The van der Waals surface area contributed by atoms with Gasteiger partial charge in [-0.2, -0.15) is 13.2 Å². The number of carbonyl (C=O) groups excluding carboxylic acids is 1. The van der Waals surface area contributed by atoms with Gasteiger partial charge in [0, 0.05) is 6.20 Å². The molecule has 0 radical (unpaired) electrons. The Hall–Kier alpha value is -1.28. The number of pyridine rings is 1. The van der Waals surface area contributed by atoms with Crippen LogP contribution >= 0.6 is 11.8 Å². The Labute approximate surface area is 131 Å². The average molecular weight is 336 g/mol. The van der Waals surface area contributed by atoms with Crippen molar-refractivity contribution in [2.75, 3.05) is 12.4 Å². The molecule has 1 aromatic heterocycles. The summed E-state index contributed by atoms with van der Waals surface area (Å²) in [7, 11) is 0. The number of halogens is 3. The molecule has 0 saturated heterocycles. The molecule has 0 aliphatic rings. The van der Waals surface area contributed by atoms with Crippen LogP contribution in [0.15, 0.2) is 23.4 Å². The summed E-state index contributed by atoms with van der Waals surface area (Å²) in [5, 5.41) is 12.2. The minimum absolute atomic E-state index is 0.0347. The topological polar surface area (TPSA) is 62.2 Å². The third-order valence-corrected chi connectivity index (χ3v) is 3.70. The van der Waals surface area contributed by atoms with Gasteiger partial charge in [0.05, 0.1) is 29.0 Å². The van der Waals surface area contributed by atoms with E-state index in [1.54, 1.807) is 0 Å². The fourth-order valence-corrected chi connectivity index (χ4v) is 2.44. The number of aliphatic hydroxyl groups excluding tert-OH is 1. The predicted octanol–water partition coefficient (Wildman–Crippen LogP) is 2.72. The summed E-state index contributed by atoms with van der Waals surface area (Å²) in [5.41, 5.74) is -0.821. The molecule has 22 heavy (non-hydrogen) atoms. The van der Waals surface area contributed by atoms with E-state index in [4.69, 9.17) is 0 Å². The van der Waals surface area contributed by atoms with Crippen molar-refractivity contribution in [1.82, 2.24) is 10.3 Å². The molecule has 0 aliphatic carbocycles. The lowest BCUT2D eigenvalue weighted by Crippen LogP contribution is -2.39. The van der Waals surface area contributed by atoms with E-state index in [2.05, 4.69) is 10.3 Å². The van der Waals surface area contributed by atoms with Crippen molar-refractivity contribution < 1.29 is 23.1 Å². The summed E-state index contributed by atoms with van der Waals surface area (Å²) in [6, 6.07) is 1.86. The van der Waals surface area contributed by atoms with E-state index in [0.717, 1.165) is 24.0 Å². The van der Waals surface area contributed by atoms with Gasteiger partial charge in [0.15, 0.2) is 0 Å². The van der Waals surface area contributed by atoms with E-state index >= 15 is 0 Å². The highest BCUT2D eigenvalue weighted by molar-refractivity contribution is 7.99. The van der Waals surface area contributed by atoms with Crippen LogP contribution in [0.5, 0.6) is 0 Å². The van der Waals surface area contributed by atoms with Gasteiger partial charge in [0.2, 0.25) is 5.91 Å². The molecule has 2 N–H and O–H groups in total. The number of hydrogen-bond acceptors (Lipinski definition) is 4. The van der Waals surface area contributed by atoms with E-state index in [9.17, 15) is 23.1 Å². The van der Waals surface area contributed by atoms with Gasteiger partial charge < -0.3 is 10.4 Å². The monoisotopic (exact) mass is 336 g/mol. The SMILES string of the molecule is CC(C)CC(CO)NC(=O)CSc1ccc(C(F)(F)F)cn1. The lowest BCUT2D eigenvalue weighted by molar-refractivity contribution is -0.137. The van der Waals surface area contributed by atoms with Gasteiger partial charge in [-0.25, -0.2) is 4.98 Å². The smallest absolute Gasteiger partial charge is 0.394 e. The van der Waals surface area contributed by atoms with Crippen LogP contribution < -0.4 is 5.32 Å². The van der Waals surface area contributed by atoms with Crippen molar-refractivity contribution >= 4 is 17.7 Å². The number of hydrogen-bond donors (Lipinski definition) is 2. The standard InChI is InChI=1S/C14H19F3N2O2S/c1-9(2)5-11(7-20)19-12(21)8-22-13-4-3-10(6-18-13)14(15,16)17/h3-4,6,9,11,20H,5,7-8H2,1-2H3,(H,19,21). The Bertz CT molecular complexity index is 478. The second-order valence-corrected chi connectivity index (χ2v) is 6.24. The molecule has 0 fully saturated rings. The highest BCUT2D eigenvalue weighted by Crippen LogP contribution is 2.29. The van der Waals surface area contributed by atoms with E-state index < -0.39 is 11.7 Å². The average Bonchev–Trinajstić information content (AvgIpc) is 2.43. The van der Waals surface area contributed by atoms with E-state index in [1.165, 1.54) is 6.07 Å². The Kier molecular flexibility index (Phi) is 7.15. The molecule has 1 amide bonds. The highest BCUT2D eigenvalue weighted by Gasteiger charge is 2.30. The molecule has 1 unspecified atom stereocenters. The minimum Gasteiger partial charge on any atom is -0.394 e. The van der Waals surface area contributed by atoms with Gasteiger partial charge in [-0.05, 0) is 24.5 Å². The third-order valence-electron chi connectivity index (χ3n) is 2.76. The Morgan fingerprint density at radius 2 is 2.09 bits per heavy atom. The fourth-order valence-electron chi connectivity index (χ4n) is 1.79. The maximum absolute atomic E-state index is 12.4. The molecule has 1 rings (SSSR count). The summed E-state index contributed by atoms with van der Waals surface area (Å²) >= 11 is 1.05. The van der Waals surface area contributed by atoms with Gasteiger partial charge in [0.25, 0.3) is 0 Å². The second-order valence-electron chi connectivity index (χ2n) is 5.25. The van der Waals surface area contributed by atoms with Crippen LogP contribution in [0.1, 0.15) is 25.8 Å². The first-order valence-corrected chi connectivity index (χ1v) is 7.77. The molecule has 1 atom stereocenters. The van der Waals surface area contributed by atoms with Crippen LogP contribution in [-0.4, -0.2) is 34.4 Å². The molecule has 1 heterocycles. The quantitative estimate of drug-likeness (QED) is 0.752. The second kappa shape index (κ2) is 8.38. The molecular formula is C14H19F3N2O2S. The zero-order chi connectivity index (χ0) is 16.8. The molecule has 0 aliphatic heterocycles. The number of aliphatic hydroxyl groups is 1. The van der Waals surface area contributed by atoms with Crippen LogP contribution in [0.2, 0.25) is 0 Å². The van der Waals surface area contributed by atoms with Crippen molar-refractivity contribution in [3.63, 3.8) is 0 Å². The van der Waals surface area contributed by atoms with Gasteiger partial charge in [0.1, 0.15) is 0 Å². The molecule has 124 valence electrons. The molecular weight excluding hydrogens is 317 g/mol. The van der Waals surface area contributed by atoms with E-state index in [1.807, 2.05) is 13.8 Å². The van der Waals surface area contributed by atoms with Crippen LogP contribution in [0, 0.1) is 5.92 Å². The van der Waals surface area contributed by atoms with Crippen molar-refractivity contribution in [3.05, 3.63) is 23.9 Å². The number of amides is 1. The number of nitrogens with zero attached hydrogens (tertiary/aromatic N) is 1. The van der Waals surface area contributed by atoms with E-state index in [-0.39, 0.29) is 24.3 Å². The number of thioether (sulfide) groups is 1. The first kappa shape index (κ1) is 18.8. The first-order chi connectivity index (χ1) is 10.2. The largest absolute Gasteiger partial charge is 0.417 e. The van der Waals surface area contributed by atoms with Crippen molar-refractivity contribution in [3.8, 4) is 0 Å². The molecule has 4 nitrogen and oxygen atoms in total. The number of carbonyl (C=O) groups is 1. The van der Waals surface area contributed by atoms with Crippen molar-refractivity contribution in [2.45, 2.75) is 37.5 Å². The minimum atomic E-state index is -4.42. The lowest BCUT2D eigenvalue weighted by Gasteiger charge is -2.18. The van der Waals surface area contributed by atoms with Gasteiger partial charge in [-0.15, -0.1) is 0 Å². The molecule has 0 spiro atoms. The first-order valence-electron chi connectivity index (χ1n) is 6.78. The van der Waals surface area contributed by atoms with Crippen LogP contribution in [0.3, 0.4) is 0 Å². The third kappa shape index (κ3) is 6.65. The summed E-state index contributed by atoms with van der Waals surface area (Å²) in [4.78, 5) is 15.4. The zero-order valence-corrected chi connectivity index (χ0v) is 13.2. The Morgan fingerprint density at radius 1 is 1.41 bits per heavy atom. The van der Waals surface area contributed by atoms with Crippen LogP contribution in [-0.2, 0) is 11.0 Å². The fraction of sp³-hybridized carbons (Fsp3) is 0.571. The zero-order valence-electron chi connectivity index (χ0n) is 12.4. The molecule has 0 saturated carbocycles. The predicted molar refractivity (Wildman–Crippen MR) is 78.4 cm³/mol. The highest BCUT2D eigenvalue weighted by atomic mass is 32.2. The van der Waals surface area contributed by atoms with E-state index in [0.29, 0.717) is 17.4 Å². The maximum atomic E-state index is 12.4. The molecule has 8 heteroatoms. The summed E-state index contributed by atoms with van der Waals surface area (Å²) in [6.45, 7) is 3.82. The molecule has 0 bridgehead atoms. The van der Waals surface area contributed by atoms with Gasteiger partial charge >= 0.3 is 6.18 Å². The van der Waals surface area contributed by atoms with Gasteiger partial charge in [-0.3, -0.25) is 4.79 Å². The summed E-state index contributed by atoms with van der Waals surface area (Å²) in [6.07, 6.45) is -3.01. The van der Waals surface area contributed by atoms with Crippen molar-refractivity contribution in [1.29, 1.82) is 0 Å². The summed E-state index contributed by atoms with van der Waals surface area (Å²) < 4.78 is 37.2. The van der Waals surface area contributed by atoms with Crippen LogP contribution in [0.25, 0.3) is 0 Å². The molecule has 0 aromatic carbocycles. The summed E-state index contributed by atoms with van der Waals surface area (Å²) in [5.74, 6) is 0.0838. The molecule has 1 aromatic rings. The number of rotatable bonds is 7. The number of alkyl halides is 3. The van der Waals surface area contributed by atoms with Gasteiger partial charge in [-0.1, -0.05) is 25.6 Å². The lowest BCUT2D eigenvalue weighted by atomic mass is 10.0.